The van der Waals surface area contributed by atoms with Crippen molar-refractivity contribution in [3.05, 3.63) is 84.1 Å². The van der Waals surface area contributed by atoms with Gasteiger partial charge in [0.05, 0.1) is 12.1 Å². The first-order chi connectivity index (χ1) is 17.7. The van der Waals surface area contributed by atoms with Gasteiger partial charge >= 0.3 is 12.3 Å². The van der Waals surface area contributed by atoms with Gasteiger partial charge in [0, 0.05) is 18.3 Å². The van der Waals surface area contributed by atoms with Gasteiger partial charge in [0.25, 0.3) is 0 Å². The molecule has 3 aromatic rings. The Hall–Kier alpha value is -3.79. The van der Waals surface area contributed by atoms with Crippen LogP contribution in [-0.2, 0) is 17.6 Å². The Morgan fingerprint density at radius 2 is 1.65 bits per heavy atom. The summed E-state index contributed by atoms with van der Waals surface area (Å²) >= 11 is 0. The average molecular weight is 521 g/mol. The molecule has 0 saturated carbocycles. The number of carbonyl (C=O) groups is 1. The van der Waals surface area contributed by atoms with Gasteiger partial charge in [0.15, 0.2) is 0 Å². The van der Waals surface area contributed by atoms with Gasteiger partial charge in [-0.25, -0.2) is 4.98 Å². The number of hydrogen-bond donors (Lipinski definition) is 4. The van der Waals surface area contributed by atoms with Gasteiger partial charge in [-0.2, -0.15) is 0 Å². The fourth-order valence-electron chi connectivity index (χ4n) is 3.06. The smallest absolute Gasteiger partial charge is 0.481 e. The zero-order chi connectivity index (χ0) is 27.5. The number of aliphatic carboxylic acids is 1. The second kappa shape index (κ2) is 17.6. The van der Waals surface area contributed by atoms with E-state index in [0.29, 0.717) is 25.3 Å². The van der Waals surface area contributed by atoms with E-state index >= 15 is 0 Å². The van der Waals surface area contributed by atoms with E-state index in [2.05, 4.69) is 20.4 Å². The number of rotatable bonds is 11. The van der Waals surface area contributed by atoms with E-state index in [0.717, 1.165) is 30.3 Å². The molecule has 0 aliphatic carbocycles. The van der Waals surface area contributed by atoms with Gasteiger partial charge in [-0.3, -0.25) is 4.79 Å². The number of alkyl halides is 3. The molecule has 0 amide bonds. The molecule has 10 heteroatoms. The minimum Gasteiger partial charge on any atom is -0.481 e. The minimum atomic E-state index is -4.87. The van der Waals surface area contributed by atoms with Crippen molar-refractivity contribution in [3.63, 3.8) is 0 Å². The molecular formula is C27H35F3N4O3. The lowest BCUT2D eigenvalue weighted by molar-refractivity contribution is -0.274. The molecule has 0 fully saturated rings. The summed E-state index contributed by atoms with van der Waals surface area (Å²) in [7, 11) is 0. The van der Waals surface area contributed by atoms with Gasteiger partial charge < -0.3 is 26.2 Å². The summed E-state index contributed by atoms with van der Waals surface area (Å²) in [5.74, 6) is -1.28. The van der Waals surface area contributed by atoms with Crippen molar-refractivity contribution in [1.29, 1.82) is 0 Å². The van der Waals surface area contributed by atoms with Gasteiger partial charge in [0.2, 0.25) is 0 Å². The topological polar surface area (TPSA) is 110 Å². The molecule has 0 saturated heterocycles. The first-order valence-electron chi connectivity index (χ1n) is 12.0. The van der Waals surface area contributed by atoms with Crippen LogP contribution in [0, 0.1) is 0 Å². The van der Waals surface area contributed by atoms with Crippen LogP contribution in [0.4, 0.5) is 24.7 Å². The fourth-order valence-corrected chi connectivity index (χ4v) is 3.06. The molecule has 7 nitrogen and oxygen atoms in total. The van der Waals surface area contributed by atoms with Crippen LogP contribution < -0.4 is 21.1 Å². The van der Waals surface area contributed by atoms with Crippen molar-refractivity contribution in [2.45, 2.75) is 39.5 Å². The number of nitrogens with zero attached hydrogens (tertiary/aromatic N) is 1. The molecule has 0 bridgehead atoms. The van der Waals surface area contributed by atoms with E-state index in [1.54, 1.807) is 12.3 Å². The zero-order valence-electron chi connectivity index (χ0n) is 21.1. The summed E-state index contributed by atoms with van der Waals surface area (Å²) in [5, 5.41) is 15.3. The third-order valence-corrected chi connectivity index (χ3v) is 4.63. The Bertz CT molecular complexity index is 1010. The predicted molar refractivity (Wildman–Crippen MR) is 141 cm³/mol. The lowest BCUT2D eigenvalue weighted by atomic mass is 10.0. The second-order valence-corrected chi connectivity index (χ2v) is 7.43. The average Bonchev–Trinajstić information content (AvgIpc) is 2.87. The van der Waals surface area contributed by atoms with Crippen molar-refractivity contribution in [3.8, 4) is 5.75 Å². The first kappa shape index (κ1) is 31.2. The maximum Gasteiger partial charge on any atom is 0.573 e. The predicted octanol–water partition coefficient (Wildman–Crippen LogP) is 5.54. The number of pyridine rings is 1. The van der Waals surface area contributed by atoms with Crippen molar-refractivity contribution in [2.75, 3.05) is 30.7 Å². The molecule has 0 unspecified atom stereocenters. The number of benzene rings is 2. The number of hydrogen-bond acceptors (Lipinski definition) is 6. The summed E-state index contributed by atoms with van der Waals surface area (Å²) in [6.07, 6.45) is -2.43. The SMILES string of the molecule is CC.Nc1ncccc1NCCCNCCc1ccc(OC(F)(F)F)c(CC(=O)O)c1.c1ccccc1. The van der Waals surface area contributed by atoms with E-state index in [9.17, 15) is 18.0 Å². The fraction of sp³-hybridized carbons (Fsp3) is 0.333. The van der Waals surface area contributed by atoms with Crippen molar-refractivity contribution in [2.24, 2.45) is 0 Å². The van der Waals surface area contributed by atoms with E-state index in [-0.39, 0.29) is 5.56 Å². The van der Waals surface area contributed by atoms with Crippen molar-refractivity contribution >= 4 is 17.5 Å². The summed E-state index contributed by atoms with van der Waals surface area (Å²) in [6.45, 7) is 6.03. The highest BCUT2D eigenvalue weighted by molar-refractivity contribution is 5.71. The number of carboxylic acids is 1. The van der Waals surface area contributed by atoms with Crippen LogP contribution in [0.5, 0.6) is 5.75 Å². The molecule has 1 aromatic heterocycles. The number of ether oxygens (including phenoxy) is 1. The number of anilines is 2. The maximum atomic E-state index is 12.4. The number of nitrogens with one attached hydrogen (secondary N) is 2. The summed E-state index contributed by atoms with van der Waals surface area (Å²) in [5.41, 5.74) is 7.23. The molecule has 1 heterocycles. The van der Waals surface area contributed by atoms with Crippen molar-refractivity contribution in [1.82, 2.24) is 10.3 Å². The van der Waals surface area contributed by atoms with Crippen LogP contribution in [0.3, 0.4) is 0 Å². The molecule has 202 valence electrons. The summed E-state index contributed by atoms with van der Waals surface area (Å²) in [4.78, 5) is 14.9. The lowest BCUT2D eigenvalue weighted by Crippen LogP contribution is -2.21. The lowest BCUT2D eigenvalue weighted by Gasteiger charge is -2.14. The monoisotopic (exact) mass is 520 g/mol. The Morgan fingerprint density at radius 1 is 1.00 bits per heavy atom. The highest BCUT2D eigenvalue weighted by Gasteiger charge is 2.32. The summed E-state index contributed by atoms with van der Waals surface area (Å²) in [6, 6.07) is 19.7. The van der Waals surface area contributed by atoms with Gasteiger partial charge in [-0.15, -0.1) is 13.2 Å². The van der Waals surface area contributed by atoms with E-state index in [4.69, 9.17) is 10.8 Å². The highest BCUT2D eigenvalue weighted by atomic mass is 19.4. The minimum absolute atomic E-state index is 0.00872. The molecular weight excluding hydrogens is 485 g/mol. The number of nitrogen functional groups attached to an aromatic ring is 1. The van der Waals surface area contributed by atoms with Crippen LogP contribution >= 0.6 is 0 Å². The Morgan fingerprint density at radius 3 is 2.22 bits per heavy atom. The molecule has 0 aliphatic rings. The number of aromatic nitrogens is 1. The molecule has 2 aromatic carbocycles. The Labute approximate surface area is 215 Å². The Kier molecular flexibility index (Phi) is 14.9. The number of nitrogens with two attached hydrogens (primary N) is 1. The van der Waals surface area contributed by atoms with Crippen molar-refractivity contribution < 1.29 is 27.8 Å². The molecule has 3 rings (SSSR count). The normalized spacial score (nSPS) is 10.3. The third-order valence-electron chi connectivity index (χ3n) is 4.63. The maximum absolute atomic E-state index is 12.4. The molecule has 0 radical (unpaired) electrons. The van der Waals surface area contributed by atoms with E-state index in [1.807, 2.05) is 56.3 Å². The van der Waals surface area contributed by atoms with Crippen LogP contribution in [0.1, 0.15) is 31.4 Å². The van der Waals surface area contributed by atoms with Crippen LogP contribution in [-0.4, -0.2) is 42.1 Å². The quantitative estimate of drug-likeness (QED) is 0.246. The largest absolute Gasteiger partial charge is 0.573 e. The zero-order valence-corrected chi connectivity index (χ0v) is 21.1. The first-order valence-corrected chi connectivity index (χ1v) is 12.0. The van der Waals surface area contributed by atoms with Crippen LogP contribution in [0.25, 0.3) is 0 Å². The molecule has 0 atom stereocenters. The highest BCUT2D eigenvalue weighted by Crippen LogP contribution is 2.28. The molecule has 0 spiro atoms. The van der Waals surface area contributed by atoms with Crippen LogP contribution in [0.15, 0.2) is 72.9 Å². The number of halogens is 3. The van der Waals surface area contributed by atoms with Gasteiger partial charge in [-0.05, 0) is 49.7 Å². The van der Waals surface area contributed by atoms with E-state index in [1.165, 1.54) is 12.1 Å². The molecule has 37 heavy (non-hydrogen) atoms. The van der Waals surface area contributed by atoms with Gasteiger partial charge in [-0.1, -0.05) is 62.4 Å². The van der Waals surface area contributed by atoms with Gasteiger partial charge in [0.1, 0.15) is 11.6 Å². The standard InChI is InChI=1S/C19H23F3N4O3.C6H6.C2H6/c20-19(21,22)29-16-5-4-13(11-14(16)12-17(27)28)6-10-24-7-2-9-25-15-3-1-8-26-18(15)23;1-2-4-6-5-3-1;1-2/h1,3-5,8,11,24-25H,2,6-7,9-10,12H2,(H2,23,26)(H,27,28);1-6H;1-2H3. The number of carboxylic acid groups (broad SMARTS) is 1. The summed E-state index contributed by atoms with van der Waals surface area (Å²) < 4.78 is 41.2. The van der Waals surface area contributed by atoms with Crippen LogP contribution in [0.2, 0.25) is 0 Å². The molecule has 0 aliphatic heterocycles. The molecule has 5 N–H and O–H groups in total. The van der Waals surface area contributed by atoms with E-state index < -0.39 is 24.5 Å². The Balaban J connectivity index is 0.000000735. The second-order valence-electron chi connectivity index (χ2n) is 7.43. The third kappa shape index (κ3) is 14.4.